The summed E-state index contributed by atoms with van der Waals surface area (Å²) in [6.07, 6.45) is 6.32. The lowest BCUT2D eigenvalue weighted by molar-refractivity contribution is 0.375. The fourth-order valence-corrected chi connectivity index (χ4v) is 3.89. The molecule has 8 heteroatoms. The zero-order chi connectivity index (χ0) is 18.7. The second-order valence-electron chi connectivity index (χ2n) is 6.47. The van der Waals surface area contributed by atoms with E-state index in [0.717, 1.165) is 37.3 Å². The number of nitriles is 1. The smallest absolute Gasteiger partial charge is 0.211 e. The van der Waals surface area contributed by atoms with Crippen molar-refractivity contribution in [2.75, 3.05) is 13.4 Å². The van der Waals surface area contributed by atoms with Crippen molar-refractivity contribution < 1.29 is 13.2 Å². The van der Waals surface area contributed by atoms with Gasteiger partial charge in [-0.15, -0.1) is 0 Å². The van der Waals surface area contributed by atoms with Gasteiger partial charge in [0.15, 0.2) is 0 Å². The summed E-state index contributed by atoms with van der Waals surface area (Å²) in [6, 6.07) is 7.06. The minimum atomic E-state index is -3.44. The molecule has 2 heterocycles. The number of hydrogen-bond acceptors (Lipinski definition) is 5. The van der Waals surface area contributed by atoms with Crippen LogP contribution < -0.4 is 4.74 Å². The molecule has 0 bridgehead atoms. The number of nitrogens with zero attached hydrogens (tertiary/aromatic N) is 4. The fourth-order valence-electron chi connectivity index (χ4n) is 3.15. The number of hydrogen-bond donors (Lipinski definition) is 0. The maximum atomic E-state index is 12.3. The highest BCUT2D eigenvalue weighted by Crippen LogP contribution is 2.24. The van der Waals surface area contributed by atoms with Gasteiger partial charge in [-0.2, -0.15) is 9.57 Å². The summed E-state index contributed by atoms with van der Waals surface area (Å²) in [5.41, 5.74) is 1.93. The molecule has 0 atom stereocenters. The summed E-state index contributed by atoms with van der Waals surface area (Å²) in [5, 5.41) is 9.01. The Kier molecular flexibility index (Phi) is 5.30. The molecule has 1 aliphatic rings. The molecule has 0 amide bonds. The molecule has 2 aromatic rings. The highest BCUT2D eigenvalue weighted by molar-refractivity contribution is 7.88. The van der Waals surface area contributed by atoms with Gasteiger partial charge >= 0.3 is 0 Å². The third kappa shape index (κ3) is 4.06. The van der Waals surface area contributed by atoms with Gasteiger partial charge in [0.05, 0.1) is 37.2 Å². The number of aromatic nitrogens is 2. The summed E-state index contributed by atoms with van der Waals surface area (Å²) in [4.78, 5) is 4.60. The Morgan fingerprint density at radius 2 is 2.15 bits per heavy atom. The van der Waals surface area contributed by atoms with Crippen LogP contribution in [0.25, 0.3) is 0 Å². The highest BCUT2D eigenvalue weighted by Gasteiger charge is 2.22. The maximum absolute atomic E-state index is 12.3. The normalized spacial score (nSPS) is 14.1. The Morgan fingerprint density at radius 1 is 1.35 bits per heavy atom. The molecular weight excluding hydrogens is 352 g/mol. The number of fused-ring (bicyclic) bond motifs is 1. The summed E-state index contributed by atoms with van der Waals surface area (Å²) in [6.45, 7) is 1.31. The zero-order valence-electron chi connectivity index (χ0n) is 15.0. The Labute approximate surface area is 153 Å². The molecule has 1 aromatic carbocycles. The Bertz CT molecular complexity index is 920. The third-order valence-electron chi connectivity index (χ3n) is 4.53. The number of methoxy groups -OCH3 is 1. The van der Waals surface area contributed by atoms with Crippen molar-refractivity contribution in [3.05, 3.63) is 47.0 Å². The standard InChI is InChI=1S/C18H22N4O3S/c1-25-17-9-14(10-19)6-7-15(17)11-22(26(2,23)24)13-16-12-21-8-4-3-5-18(21)20-16/h6-7,9,12H,3-5,8,11,13H2,1-2H3. The summed E-state index contributed by atoms with van der Waals surface area (Å²) in [7, 11) is -1.93. The predicted octanol–water partition coefficient (Wildman–Crippen LogP) is 2.06. The highest BCUT2D eigenvalue weighted by atomic mass is 32.2. The van der Waals surface area contributed by atoms with Crippen molar-refractivity contribution in [1.29, 1.82) is 5.26 Å². The number of sulfonamides is 1. The lowest BCUT2D eigenvalue weighted by Gasteiger charge is -2.20. The molecule has 0 saturated heterocycles. The number of aryl methyl sites for hydroxylation is 2. The van der Waals surface area contributed by atoms with Crippen molar-refractivity contribution in [3.63, 3.8) is 0 Å². The van der Waals surface area contributed by atoms with Crippen LogP contribution in [0.2, 0.25) is 0 Å². The van der Waals surface area contributed by atoms with Gasteiger partial charge in [-0.1, -0.05) is 6.07 Å². The van der Waals surface area contributed by atoms with Gasteiger partial charge < -0.3 is 9.30 Å². The third-order valence-corrected chi connectivity index (χ3v) is 5.72. The molecule has 26 heavy (non-hydrogen) atoms. The van der Waals surface area contributed by atoms with Crippen molar-refractivity contribution >= 4 is 10.0 Å². The second-order valence-corrected chi connectivity index (χ2v) is 8.45. The van der Waals surface area contributed by atoms with E-state index in [-0.39, 0.29) is 13.1 Å². The minimum absolute atomic E-state index is 0.163. The first-order chi connectivity index (χ1) is 12.4. The second kappa shape index (κ2) is 7.48. The lowest BCUT2D eigenvalue weighted by Crippen LogP contribution is -2.29. The van der Waals surface area contributed by atoms with Crippen molar-refractivity contribution in [1.82, 2.24) is 13.9 Å². The number of rotatable bonds is 6. The van der Waals surface area contributed by atoms with Crippen LogP contribution in [-0.4, -0.2) is 35.6 Å². The van der Waals surface area contributed by atoms with Gasteiger partial charge in [-0.25, -0.2) is 13.4 Å². The number of imidazole rings is 1. The Morgan fingerprint density at radius 3 is 2.81 bits per heavy atom. The molecule has 1 aromatic heterocycles. The maximum Gasteiger partial charge on any atom is 0.211 e. The molecule has 1 aliphatic heterocycles. The fraction of sp³-hybridized carbons (Fsp3) is 0.444. The SMILES string of the molecule is COc1cc(C#N)ccc1CN(Cc1cn2c(n1)CCCC2)S(C)(=O)=O. The lowest BCUT2D eigenvalue weighted by atomic mass is 10.1. The van der Waals surface area contributed by atoms with E-state index in [2.05, 4.69) is 15.6 Å². The topological polar surface area (TPSA) is 88.2 Å². The molecule has 0 saturated carbocycles. The van der Waals surface area contributed by atoms with Gasteiger partial charge in [-0.3, -0.25) is 0 Å². The molecule has 0 aliphatic carbocycles. The van der Waals surface area contributed by atoms with Crippen LogP contribution in [0.3, 0.4) is 0 Å². The van der Waals surface area contributed by atoms with E-state index >= 15 is 0 Å². The van der Waals surface area contributed by atoms with Crippen molar-refractivity contribution in [2.45, 2.75) is 38.9 Å². The first kappa shape index (κ1) is 18.4. The Hall–Kier alpha value is -2.37. The quantitative estimate of drug-likeness (QED) is 0.772. The van der Waals surface area contributed by atoms with E-state index in [1.807, 2.05) is 6.20 Å². The largest absolute Gasteiger partial charge is 0.496 e. The van der Waals surface area contributed by atoms with E-state index in [0.29, 0.717) is 16.9 Å². The average molecular weight is 374 g/mol. The molecule has 138 valence electrons. The van der Waals surface area contributed by atoms with E-state index in [4.69, 9.17) is 10.00 Å². The molecule has 0 unspecified atom stereocenters. The van der Waals surface area contributed by atoms with Gasteiger partial charge in [0.25, 0.3) is 0 Å². The molecular formula is C18H22N4O3S. The summed E-state index contributed by atoms with van der Waals surface area (Å²) < 4.78 is 33.4. The van der Waals surface area contributed by atoms with Crippen molar-refractivity contribution in [2.24, 2.45) is 0 Å². The van der Waals surface area contributed by atoms with Gasteiger partial charge in [0.2, 0.25) is 10.0 Å². The van der Waals surface area contributed by atoms with Crippen LogP contribution in [0.4, 0.5) is 0 Å². The van der Waals surface area contributed by atoms with Crippen LogP contribution in [0.5, 0.6) is 5.75 Å². The van der Waals surface area contributed by atoms with Gasteiger partial charge in [-0.05, 0) is 25.0 Å². The van der Waals surface area contributed by atoms with Crippen molar-refractivity contribution in [3.8, 4) is 11.8 Å². The molecule has 7 nitrogen and oxygen atoms in total. The van der Waals surface area contributed by atoms with E-state index in [1.54, 1.807) is 18.2 Å². The monoisotopic (exact) mass is 374 g/mol. The van der Waals surface area contributed by atoms with Crippen LogP contribution in [0.15, 0.2) is 24.4 Å². The molecule has 0 fully saturated rings. The van der Waals surface area contributed by atoms with Crippen LogP contribution in [-0.2, 0) is 36.1 Å². The molecule has 0 radical (unpaired) electrons. The van der Waals surface area contributed by atoms with Gasteiger partial charge in [0, 0.05) is 31.3 Å². The van der Waals surface area contributed by atoms with E-state index < -0.39 is 10.0 Å². The molecule has 0 N–H and O–H groups in total. The van der Waals surface area contributed by atoms with E-state index in [9.17, 15) is 8.42 Å². The van der Waals surface area contributed by atoms with Gasteiger partial charge in [0.1, 0.15) is 11.6 Å². The zero-order valence-corrected chi connectivity index (χ0v) is 15.8. The Balaban J connectivity index is 1.86. The first-order valence-corrected chi connectivity index (χ1v) is 10.3. The molecule has 0 spiro atoms. The molecule has 3 rings (SSSR count). The predicted molar refractivity (Wildman–Crippen MR) is 97.0 cm³/mol. The number of benzene rings is 1. The summed E-state index contributed by atoms with van der Waals surface area (Å²) >= 11 is 0. The van der Waals surface area contributed by atoms with E-state index in [1.165, 1.54) is 17.7 Å². The van der Waals surface area contributed by atoms with Crippen LogP contribution in [0, 0.1) is 11.3 Å². The summed E-state index contributed by atoms with van der Waals surface area (Å²) in [5.74, 6) is 1.53. The van der Waals surface area contributed by atoms with Crippen LogP contribution >= 0.6 is 0 Å². The average Bonchev–Trinajstić information content (AvgIpc) is 3.03. The van der Waals surface area contributed by atoms with Crippen LogP contribution in [0.1, 0.15) is 35.5 Å². The minimum Gasteiger partial charge on any atom is -0.496 e. The number of ether oxygens (including phenoxy) is 1. The first-order valence-electron chi connectivity index (χ1n) is 8.48.